The number of nitrogens with one attached hydrogen (secondary N) is 1. The molecule has 0 aliphatic heterocycles. The van der Waals surface area contributed by atoms with Crippen molar-refractivity contribution in [2.45, 2.75) is 31.2 Å². The normalized spacial score (nSPS) is 17.2. The molecule has 21 heavy (non-hydrogen) atoms. The van der Waals surface area contributed by atoms with Crippen molar-refractivity contribution in [1.29, 1.82) is 0 Å². The van der Waals surface area contributed by atoms with Gasteiger partial charge in [-0.25, -0.2) is 0 Å². The molecule has 2 aromatic rings. The third-order valence-corrected chi connectivity index (χ3v) is 4.39. The molecule has 0 radical (unpaired) electrons. The first kappa shape index (κ1) is 14.1. The van der Waals surface area contributed by atoms with Gasteiger partial charge in [0, 0.05) is 11.0 Å². The van der Waals surface area contributed by atoms with Gasteiger partial charge in [-0.05, 0) is 31.4 Å². The second-order valence-electron chi connectivity index (χ2n) is 5.59. The zero-order chi connectivity index (χ0) is 14.7. The Morgan fingerprint density at radius 1 is 1.10 bits per heavy atom. The molecule has 110 valence electrons. The van der Waals surface area contributed by atoms with Crippen molar-refractivity contribution in [2.24, 2.45) is 5.84 Å². The molecule has 3 heteroatoms. The smallest absolute Gasteiger partial charge is 0.124 e. The van der Waals surface area contributed by atoms with E-state index in [1.165, 1.54) is 5.56 Å². The summed E-state index contributed by atoms with van der Waals surface area (Å²) >= 11 is 0. The van der Waals surface area contributed by atoms with Crippen LogP contribution in [0.4, 0.5) is 0 Å². The van der Waals surface area contributed by atoms with Crippen LogP contribution < -0.4 is 16.0 Å². The van der Waals surface area contributed by atoms with E-state index in [4.69, 9.17) is 10.6 Å². The third-order valence-electron chi connectivity index (χ3n) is 4.39. The molecule has 0 bridgehead atoms. The Morgan fingerprint density at radius 2 is 1.76 bits per heavy atom. The second-order valence-corrected chi connectivity index (χ2v) is 5.59. The van der Waals surface area contributed by atoms with E-state index in [-0.39, 0.29) is 11.5 Å². The van der Waals surface area contributed by atoms with Crippen LogP contribution in [0.25, 0.3) is 0 Å². The summed E-state index contributed by atoms with van der Waals surface area (Å²) in [6, 6.07) is 18.9. The highest BCUT2D eigenvalue weighted by molar-refractivity contribution is 5.44. The molecule has 1 aliphatic rings. The number of hydrogen-bond donors (Lipinski definition) is 2. The average molecular weight is 282 g/mol. The Labute approximate surface area is 126 Å². The minimum absolute atomic E-state index is 0.0719. The fraction of sp³-hybridized carbons (Fsp3) is 0.333. The van der Waals surface area contributed by atoms with Crippen molar-refractivity contribution >= 4 is 0 Å². The lowest BCUT2D eigenvalue weighted by atomic mass is 9.84. The van der Waals surface area contributed by atoms with Crippen LogP contribution in [0.1, 0.15) is 36.9 Å². The van der Waals surface area contributed by atoms with Crippen molar-refractivity contribution in [2.75, 3.05) is 6.61 Å². The van der Waals surface area contributed by atoms with E-state index in [1.807, 2.05) is 25.1 Å². The maximum atomic E-state index is 5.93. The monoisotopic (exact) mass is 282 g/mol. The number of nitrogens with two attached hydrogens (primary N) is 1. The molecule has 0 saturated heterocycles. The fourth-order valence-electron chi connectivity index (χ4n) is 3.20. The van der Waals surface area contributed by atoms with Gasteiger partial charge in [0.25, 0.3) is 0 Å². The SMILES string of the molecule is CCOc1ccccc1C(NN)C1(c2ccccc2)CC1. The molecule has 0 amide bonds. The Bertz CT molecular complexity index is 593. The lowest BCUT2D eigenvalue weighted by Gasteiger charge is -2.28. The van der Waals surface area contributed by atoms with Gasteiger partial charge in [0.1, 0.15) is 5.75 Å². The van der Waals surface area contributed by atoms with Crippen molar-refractivity contribution < 1.29 is 4.74 Å². The number of rotatable bonds is 6. The number of ether oxygens (including phenoxy) is 1. The number of para-hydroxylation sites is 1. The fourth-order valence-corrected chi connectivity index (χ4v) is 3.20. The molecular formula is C18H22N2O. The molecule has 3 N–H and O–H groups in total. The molecule has 1 atom stereocenters. The third kappa shape index (κ3) is 2.55. The van der Waals surface area contributed by atoms with Crippen LogP contribution in [0.15, 0.2) is 54.6 Å². The minimum Gasteiger partial charge on any atom is -0.494 e. The predicted molar refractivity (Wildman–Crippen MR) is 85.0 cm³/mol. The number of hydrogen-bond acceptors (Lipinski definition) is 3. The van der Waals surface area contributed by atoms with E-state index >= 15 is 0 Å². The molecule has 0 aromatic heterocycles. The highest BCUT2D eigenvalue weighted by atomic mass is 16.5. The van der Waals surface area contributed by atoms with E-state index < -0.39 is 0 Å². The van der Waals surface area contributed by atoms with Crippen molar-refractivity contribution in [3.8, 4) is 5.75 Å². The summed E-state index contributed by atoms with van der Waals surface area (Å²) in [6.45, 7) is 2.67. The summed E-state index contributed by atoms with van der Waals surface area (Å²) < 4.78 is 5.78. The molecule has 1 saturated carbocycles. The van der Waals surface area contributed by atoms with E-state index in [1.54, 1.807) is 0 Å². The second kappa shape index (κ2) is 5.88. The predicted octanol–water partition coefficient (Wildman–Crippen LogP) is 3.32. The molecule has 0 heterocycles. The molecule has 0 spiro atoms. The molecule has 3 rings (SSSR count). The van der Waals surface area contributed by atoms with Gasteiger partial charge in [0.2, 0.25) is 0 Å². The molecular weight excluding hydrogens is 260 g/mol. The van der Waals surface area contributed by atoms with Crippen LogP contribution >= 0.6 is 0 Å². The lowest BCUT2D eigenvalue weighted by Crippen LogP contribution is -2.37. The summed E-state index contributed by atoms with van der Waals surface area (Å²) in [5.41, 5.74) is 5.61. The maximum absolute atomic E-state index is 5.93. The van der Waals surface area contributed by atoms with Crippen LogP contribution in [0, 0.1) is 0 Å². The van der Waals surface area contributed by atoms with Crippen LogP contribution in [0.2, 0.25) is 0 Å². The van der Waals surface area contributed by atoms with Crippen molar-refractivity contribution in [3.05, 3.63) is 65.7 Å². The van der Waals surface area contributed by atoms with Crippen LogP contribution in [0.3, 0.4) is 0 Å². The van der Waals surface area contributed by atoms with Crippen molar-refractivity contribution in [1.82, 2.24) is 5.43 Å². The summed E-state index contributed by atoms with van der Waals surface area (Å²) in [6.07, 6.45) is 2.29. The Balaban J connectivity index is 2.00. The van der Waals surface area contributed by atoms with Crippen molar-refractivity contribution in [3.63, 3.8) is 0 Å². The summed E-state index contributed by atoms with van der Waals surface area (Å²) in [4.78, 5) is 0. The zero-order valence-corrected chi connectivity index (χ0v) is 12.4. The number of hydrazine groups is 1. The van der Waals surface area contributed by atoms with Gasteiger partial charge in [0.15, 0.2) is 0 Å². The minimum atomic E-state index is 0.0719. The molecule has 1 aliphatic carbocycles. The average Bonchev–Trinajstić information content (AvgIpc) is 3.33. The number of benzene rings is 2. The van der Waals surface area contributed by atoms with E-state index in [0.717, 1.165) is 24.2 Å². The Morgan fingerprint density at radius 3 is 2.38 bits per heavy atom. The van der Waals surface area contributed by atoms with Crippen LogP contribution in [0.5, 0.6) is 5.75 Å². The first-order valence-electron chi connectivity index (χ1n) is 7.55. The highest BCUT2D eigenvalue weighted by Gasteiger charge is 2.51. The van der Waals surface area contributed by atoms with Gasteiger partial charge < -0.3 is 4.74 Å². The Hall–Kier alpha value is -1.84. The largest absolute Gasteiger partial charge is 0.494 e. The molecule has 3 nitrogen and oxygen atoms in total. The van der Waals surface area contributed by atoms with Gasteiger partial charge in [-0.2, -0.15) is 0 Å². The van der Waals surface area contributed by atoms with Gasteiger partial charge in [-0.1, -0.05) is 48.5 Å². The lowest BCUT2D eigenvalue weighted by molar-refractivity contribution is 0.324. The maximum Gasteiger partial charge on any atom is 0.124 e. The van der Waals surface area contributed by atoms with E-state index in [2.05, 4.69) is 41.8 Å². The van der Waals surface area contributed by atoms with E-state index in [0.29, 0.717) is 6.61 Å². The molecule has 1 unspecified atom stereocenters. The zero-order valence-electron chi connectivity index (χ0n) is 12.4. The van der Waals surface area contributed by atoms with Crippen LogP contribution in [-0.2, 0) is 5.41 Å². The standard InChI is InChI=1S/C18H22N2O/c1-2-21-16-11-7-6-10-15(16)17(20-19)18(12-13-18)14-8-4-3-5-9-14/h3-11,17,20H,2,12-13,19H2,1H3. The van der Waals surface area contributed by atoms with Gasteiger partial charge >= 0.3 is 0 Å². The summed E-state index contributed by atoms with van der Waals surface area (Å²) in [5, 5.41) is 0. The van der Waals surface area contributed by atoms with Crippen LogP contribution in [-0.4, -0.2) is 6.61 Å². The summed E-state index contributed by atoms with van der Waals surface area (Å²) in [7, 11) is 0. The first-order chi connectivity index (χ1) is 10.3. The van der Waals surface area contributed by atoms with Gasteiger partial charge in [0.05, 0.1) is 12.6 Å². The highest BCUT2D eigenvalue weighted by Crippen LogP contribution is 2.57. The topological polar surface area (TPSA) is 47.3 Å². The molecule has 1 fully saturated rings. The van der Waals surface area contributed by atoms with Gasteiger partial charge in [-0.3, -0.25) is 11.3 Å². The quantitative estimate of drug-likeness (QED) is 0.631. The summed E-state index contributed by atoms with van der Waals surface area (Å²) in [5.74, 6) is 6.85. The Kier molecular flexibility index (Phi) is 3.95. The first-order valence-corrected chi connectivity index (χ1v) is 7.55. The van der Waals surface area contributed by atoms with Gasteiger partial charge in [-0.15, -0.1) is 0 Å². The van der Waals surface area contributed by atoms with E-state index in [9.17, 15) is 0 Å². The molecule has 2 aromatic carbocycles.